The first-order chi connectivity index (χ1) is 10.9. The van der Waals surface area contributed by atoms with Crippen molar-refractivity contribution in [2.45, 2.75) is 57.9 Å². The van der Waals surface area contributed by atoms with Gasteiger partial charge < -0.3 is 4.74 Å². The number of non-ortho nitro benzene ring substituents is 1. The number of nitro groups is 1. The Morgan fingerprint density at radius 1 is 1.17 bits per heavy atom. The summed E-state index contributed by atoms with van der Waals surface area (Å²) < 4.78 is 20.3. The number of nitrogens with one attached hydrogen (secondary N) is 1. The van der Waals surface area contributed by atoms with Crippen molar-refractivity contribution in [3.8, 4) is 12.0 Å². The van der Waals surface area contributed by atoms with Crippen LogP contribution < -0.4 is 4.72 Å². The fraction of sp³-hybridized carbons (Fsp3) is 0.529. The number of hydrogen-bond donors (Lipinski definition) is 1. The molecule has 0 aliphatic heterocycles. The molecule has 0 fully saturated rings. The highest BCUT2D eigenvalue weighted by Crippen LogP contribution is 2.20. The molecule has 1 N–H and O–H groups in total. The Morgan fingerprint density at radius 3 is 2.12 bits per heavy atom. The molecule has 24 heavy (non-hydrogen) atoms. The zero-order valence-electron chi connectivity index (χ0n) is 14.9. The number of benzene rings is 1. The fourth-order valence-corrected chi connectivity index (χ4v) is 2.26. The zero-order chi connectivity index (χ0) is 18.5. The highest BCUT2D eigenvalue weighted by Gasteiger charge is 2.23. The van der Waals surface area contributed by atoms with E-state index in [0.717, 1.165) is 0 Å². The Labute approximate surface area is 145 Å². The molecule has 6 nitrogen and oxygen atoms in total. The van der Waals surface area contributed by atoms with Crippen LogP contribution in [-0.2, 0) is 15.7 Å². The molecule has 0 saturated heterocycles. The molecule has 0 heterocycles. The maximum atomic E-state index is 12.4. The molecule has 1 aromatic rings. The average molecular weight is 352 g/mol. The molecule has 0 radical (unpaired) electrons. The summed E-state index contributed by atoms with van der Waals surface area (Å²) in [6, 6.07) is 5.43. The van der Waals surface area contributed by atoms with Gasteiger partial charge in [-0.15, -0.1) is 0 Å². The van der Waals surface area contributed by atoms with E-state index in [1.807, 2.05) is 41.5 Å². The van der Waals surface area contributed by atoms with E-state index in [0.29, 0.717) is 5.56 Å². The van der Waals surface area contributed by atoms with Gasteiger partial charge in [0.25, 0.3) is 5.69 Å². The van der Waals surface area contributed by atoms with Gasteiger partial charge in [0.1, 0.15) is 17.7 Å². The van der Waals surface area contributed by atoms with Crippen molar-refractivity contribution < 1.29 is 13.9 Å². The lowest BCUT2D eigenvalue weighted by Gasteiger charge is -2.22. The standard InChI is InChI=1S/C17H24N2O4S/c1-16(2,3)23-12-11-15(18-24(22)17(4,5)6)13-7-9-14(10-8-13)19(20)21/h7-10,15,18H,1-6H3/t15-,24+/m1/s1. The molecule has 0 aromatic heterocycles. The van der Waals surface area contributed by atoms with E-state index in [-0.39, 0.29) is 5.69 Å². The van der Waals surface area contributed by atoms with E-state index in [1.165, 1.54) is 12.1 Å². The van der Waals surface area contributed by atoms with Crippen molar-refractivity contribution in [1.82, 2.24) is 4.72 Å². The predicted octanol–water partition coefficient (Wildman–Crippen LogP) is 3.46. The quantitative estimate of drug-likeness (QED) is 0.511. The number of ether oxygens (including phenoxy) is 1. The summed E-state index contributed by atoms with van der Waals surface area (Å²) in [6.45, 7) is 11.2. The minimum Gasteiger partial charge on any atom is -0.441 e. The smallest absolute Gasteiger partial charge is 0.269 e. The Morgan fingerprint density at radius 2 is 1.71 bits per heavy atom. The maximum absolute atomic E-state index is 12.4. The second-order valence-electron chi connectivity index (χ2n) is 7.24. The van der Waals surface area contributed by atoms with Gasteiger partial charge in [-0.05, 0) is 65.2 Å². The Hall–Kier alpha value is -1.91. The molecule has 0 aliphatic rings. The van der Waals surface area contributed by atoms with Crippen molar-refractivity contribution in [1.29, 1.82) is 0 Å². The van der Waals surface area contributed by atoms with Crippen LogP contribution in [0, 0.1) is 22.1 Å². The SMILES string of the molecule is CC(C)(C)OC#C[C@@H](N[S@@](=O)C(C)(C)C)c1ccc([N+](=O)[O-])cc1. The maximum Gasteiger partial charge on any atom is 0.269 e. The molecular formula is C17H24N2O4S. The lowest BCUT2D eigenvalue weighted by Crippen LogP contribution is -2.35. The van der Waals surface area contributed by atoms with Crippen LogP contribution in [0.15, 0.2) is 24.3 Å². The highest BCUT2D eigenvalue weighted by molar-refractivity contribution is 7.84. The second-order valence-corrected chi connectivity index (χ2v) is 9.24. The monoisotopic (exact) mass is 352 g/mol. The van der Waals surface area contributed by atoms with Crippen molar-refractivity contribution >= 4 is 16.7 Å². The Kier molecular flexibility index (Phi) is 6.52. The van der Waals surface area contributed by atoms with Gasteiger partial charge in [-0.3, -0.25) is 10.1 Å². The van der Waals surface area contributed by atoms with Crippen molar-refractivity contribution in [2.24, 2.45) is 0 Å². The molecule has 132 valence electrons. The first-order valence-corrected chi connectivity index (χ1v) is 8.66. The topological polar surface area (TPSA) is 81.5 Å². The Bertz CT molecular complexity index is 661. The molecule has 1 aromatic carbocycles. The van der Waals surface area contributed by atoms with E-state index in [9.17, 15) is 14.3 Å². The van der Waals surface area contributed by atoms with Crippen LogP contribution in [0.1, 0.15) is 53.1 Å². The minimum atomic E-state index is -1.35. The van der Waals surface area contributed by atoms with Crippen molar-refractivity contribution in [3.05, 3.63) is 39.9 Å². The molecule has 0 saturated carbocycles. The first kappa shape index (κ1) is 20.1. The van der Waals surface area contributed by atoms with E-state index in [4.69, 9.17) is 4.74 Å². The van der Waals surface area contributed by atoms with E-state index in [1.54, 1.807) is 12.1 Å². The van der Waals surface area contributed by atoms with E-state index < -0.39 is 32.3 Å². The van der Waals surface area contributed by atoms with Gasteiger partial charge in [-0.25, -0.2) is 8.93 Å². The lowest BCUT2D eigenvalue weighted by atomic mass is 10.1. The van der Waals surface area contributed by atoms with E-state index >= 15 is 0 Å². The van der Waals surface area contributed by atoms with Crippen LogP contribution in [0.25, 0.3) is 0 Å². The van der Waals surface area contributed by atoms with Crippen LogP contribution in [0.3, 0.4) is 0 Å². The second kappa shape index (κ2) is 7.77. The predicted molar refractivity (Wildman–Crippen MR) is 95.5 cm³/mol. The number of rotatable bonds is 4. The summed E-state index contributed by atoms with van der Waals surface area (Å²) in [6.07, 6.45) is 2.64. The molecule has 2 atom stereocenters. The molecule has 0 amide bonds. The minimum absolute atomic E-state index is 0.00616. The summed E-state index contributed by atoms with van der Waals surface area (Å²) in [5.41, 5.74) is 0.257. The van der Waals surface area contributed by atoms with Gasteiger partial charge in [0, 0.05) is 12.1 Å². The number of nitrogens with zero attached hydrogens (tertiary/aromatic N) is 1. The van der Waals surface area contributed by atoms with Crippen LogP contribution in [0.4, 0.5) is 5.69 Å². The third-order valence-corrected chi connectivity index (χ3v) is 4.34. The first-order valence-electron chi connectivity index (χ1n) is 7.51. The van der Waals surface area contributed by atoms with Crippen LogP contribution in [-0.4, -0.2) is 19.5 Å². The molecule has 0 aliphatic carbocycles. The van der Waals surface area contributed by atoms with Crippen LogP contribution in [0.2, 0.25) is 0 Å². The largest absolute Gasteiger partial charge is 0.441 e. The van der Waals surface area contributed by atoms with Crippen molar-refractivity contribution in [3.63, 3.8) is 0 Å². The lowest BCUT2D eigenvalue weighted by molar-refractivity contribution is -0.384. The van der Waals surface area contributed by atoms with Crippen LogP contribution in [0.5, 0.6) is 0 Å². The normalized spacial score (nSPS) is 14.2. The summed E-state index contributed by atoms with van der Waals surface area (Å²) in [5.74, 6) is 2.90. The van der Waals surface area contributed by atoms with Crippen LogP contribution >= 0.6 is 0 Å². The van der Waals surface area contributed by atoms with Gasteiger partial charge >= 0.3 is 0 Å². The molecular weight excluding hydrogens is 328 g/mol. The third kappa shape index (κ3) is 6.69. The molecule has 0 spiro atoms. The van der Waals surface area contributed by atoms with E-state index in [2.05, 4.69) is 16.7 Å². The summed E-state index contributed by atoms with van der Waals surface area (Å²) in [5, 5.41) is 10.8. The van der Waals surface area contributed by atoms with Crippen molar-refractivity contribution in [2.75, 3.05) is 0 Å². The average Bonchev–Trinajstić information content (AvgIpc) is 2.44. The number of hydrogen-bond acceptors (Lipinski definition) is 4. The Balaban J connectivity index is 3.08. The van der Waals surface area contributed by atoms with Gasteiger partial charge in [-0.1, -0.05) is 0 Å². The van der Waals surface area contributed by atoms with Gasteiger partial charge in [-0.2, -0.15) is 0 Å². The van der Waals surface area contributed by atoms with Gasteiger partial charge in [0.2, 0.25) is 0 Å². The van der Waals surface area contributed by atoms with Gasteiger partial charge in [0.05, 0.1) is 20.7 Å². The fourth-order valence-electron chi connectivity index (χ4n) is 1.49. The highest BCUT2D eigenvalue weighted by atomic mass is 32.2. The molecule has 1 rings (SSSR count). The molecule has 0 bridgehead atoms. The third-order valence-electron chi connectivity index (χ3n) is 2.78. The molecule has 0 unspecified atom stereocenters. The summed E-state index contributed by atoms with van der Waals surface area (Å²) in [4.78, 5) is 10.3. The molecule has 7 heteroatoms. The van der Waals surface area contributed by atoms with Gasteiger partial charge in [0.15, 0.2) is 0 Å². The summed E-state index contributed by atoms with van der Waals surface area (Å²) in [7, 11) is -1.35. The summed E-state index contributed by atoms with van der Waals surface area (Å²) >= 11 is 0. The zero-order valence-corrected chi connectivity index (χ0v) is 15.7. The number of nitro benzene ring substituents is 1.